The van der Waals surface area contributed by atoms with E-state index < -0.39 is 9.84 Å². The Morgan fingerprint density at radius 2 is 1.89 bits per heavy atom. The molecule has 1 saturated heterocycles. The number of sulfone groups is 1. The van der Waals surface area contributed by atoms with Gasteiger partial charge in [0.15, 0.2) is 9.84 Å². The molecule has 4 unspecified atom stereocenters. The highest BCUT2D eigenvalue weighted by atomic mass is 32.2. The topological polar surface area (TPSA) is 46.2 Å². The van der Waals surface area contributed by atoms with Crippen LogP contribution < -0.4 is 5.32 Å². The van der Waals surface area contributed by atoms with E-state index in [0.29, 0.717) is 29.4 Å². The molecule has 1 N–H and O–H groups in total. The Hall–Kier alpha value is -0.0900. The van der Waals surface area contributed by atoms with Gasteiger partial charge in [0.2, 0.25) is 0 Å². The number of nitrogens with one attached hydrogen (secondary N) is 1. The molecule has 1 saturated carbocycles. The van der Waals surface area contributed by atoms with Crippen molar-refractivity contribution in [2.45, 2.75) is 58.5 Å². The molecule has 1 aliphatic heterocycles. The lowest BCUT2D eigenvalue weighted by molar-refractivity contribution is 0.161. The zero-order valence-corrected chi connectivity index (χ0v) is 12.7. The van der Waals surface area contributed by atoms with Crippen molar-refractivity contribution < 1.29 is 8.42 Å². The van der Waals surface area contributed by atoms with Gasteiger partial charge in [-0.3, -0.25) is 0 Å². The van der Waals surface area contributed by atoms with E-state index in [4.69, 9.17) is 0 Å². The van der Waals surface area contributed by atoms with Gasteiger partial charge in [0.25, 0.3) is 0 Å². The third kappa shape index (κ3) is 3.47. The van der Waals surface area contributed by atoms with Crippen molar-refractivity contribution >= 4 is 9.84 Å². The van der Waals surface area contributed by atoms with E-state index in [2.05, 4.69) is 26.1 Å². The third-order valence-corrected chi connectivity index (χ3v) is 6.47. The van der Waals surface area contributed by atoms with Crippen molar-refractivity contribution in [2.75, 3.05) is 11.5 Å². The molecule has 4 heteroatoms. The average Bonchev–Trinajstić information content (AvgIpc) is 2.57. The second-order valence-electron chi connectivity index (χ2n) is 6.70. The Balaban J connectivity index is 1.97. The van der Waals surface area contributed by atoms with Gasteiger partial charge < -0.3 is 5.32 Å². The molecule has 1 aliphatic carbocycles. The molecule has 4 atom stereocenters. The fourth-order valence-electron chi connectivity index (χ4n) is 3.62. The number of hydrogen-bond acceptors (Lipinski definition) is 3. The maximum Gasteiger partial charge on any atom is 0.151 e. The second kappa shape index (κ2) is 5.49. The molecule has 0 spiro atoms. The maximum absolute atomic E-state index is 11.5. The van der Waals surface area contributed by atoms with Crippen LogP contribution in [0, 0.1) is 17.8 Å². The molecular formula is C14H27NO2S. The van der Waals surface area contributed by atoms with Crippen LogP contribution in [0.3, 0.4) is 0 Å². The summed E-state index contributed by atoms with van der Waals surface area (Å²) in [6.45, 7) is 6.90. The van der Waals surface area contributed by atoms with Crippen molar-refractivity contribution in [1.82, 2.24) is 5.32 Å². The van der Waals surface area contributed by atoms with Gasteiger partial charge in [-0.15, -0.1) is 0 Å². The van der Waals surface area contributed by atoms with E-state index in [0.717, 1.165) is 12.3 Å². The minimum atomic E-state index is -2.76. The summed E-state index contributed by atoms with van der Waals surface area (Å²) in [7, 11) is -2.76. The zero-order valence-electron chi connectivity index (χ0n) is 11.9. The van der Waals surface area contributed by atoms with Crippen LogP contribution in [0.2, 0.25) is 0 Å². The van der Waals surface area contributed by atoms with Crippen molar-refractivity contribution in [3.8, 4) is 0 Å². The second-order valence-corrected chi connectivity index (χ2v) is 8.93. The molecule has 0 aromatic heterocycles. The highest BCUT2D eigenvalue weighted by molar-refractivity contribution is 7.91. The van der Waals surface area contributed by atoms with E-state index >= 15 is 0 Å². The summed E-state index contributed by atoms with van der Waals surface area (Å²) in [5.41, 5.74) is 0. The lowest BCUT2D eigenvalue weighted by atomic mass is 9.74. The van der Waals surface area contributed by atoms with E-state index in [1.54, 1.807) is 0 Å². The van der Waals surface area contributed by atoms with Crippen LogP contribution in [0.15, 0.2) is 0 Å². The summed E-state index contributed by atoms with van der Waals surface area (Å²) in [4.78, 5) is 0. The monoisotopic (exact) mass is 273 g/mol. The average molecular weight is 273 g/mol. The Morgan fingerprint density at radius 1 is 1.17 bits per heavy atom. The van der Waals surface area contributed by atoms with E-state index in [1.807, 2.05) is 0 Å². The number of hydrogen-bond donors (Lipinski definition) is 1. The molecule has 2 fully saturated rings. The standard InChI is InChI=1S/C14H27NO2S/c1-10(2)13-5-4-11(3)8-14(13)15-12-6-7-18(16,17)9-12/h10-15H,4-9H2,1-3H3. The summed E-state index contributed by atoms with van der Waals surface area (Å²) in [5, 5.41) is 3.66. The quantitative estimate of drug-likeness (QED) is 0.857. The van der Waals surface area contributed by atoms with Crippen LogP contribution in [0.25, 0.3) is 0 Å². The predicted octanol–water partition coefficient (Wildman–Crippen LogP) is 2.22. The lowest BCUT2D eigenvalue weighted by Gasteiger charge is -2.39. The van der Waals surface area contributed by atoms with Gasteiger partial charge in [0, 0.05) is 12.1 Å². The first-order valence-electron chi connectivity index (χ1n) is 7.34. The molecule has 0 amide bonds. The van der Waals surface area contributed by atoms with Gasteiger partial charge in [-0.1, -0.05) is 27.2 Å². The molecule has 3 nitrogen and oxygen atoms in total. The smallest absolute Gasteiger partial charge is 0.151 e. The predicted molar refractivity (Wildman–Crippen MR) is 75.3 cm³/mol. The molecule has 2 rings (SSSR count). The van der Waals surface area contributed by atoms with Gasteiger partial charge in [-0.2, -0.15) is 0 Å². The van der Waals surface area contributed by atoms with E-state index in [1.165, 1.54) is 19.3 Å². The normalized spacial score (nSPS) is 40.2. The maximum atomic E-state index is 11.5. The van der Waals surface area contributed by atoms with Crippen LogP contribution in [0.1, 0.15) is 46.5 Å². The van der Waals surface area contributed by atoms with Crippen LogP contribution in [-0.2, 0) is 9.84 Å². The highest BCUT2D eigenvalue weighted by Gasteiger charge is 2.35. The Morgan fingerprint density at radius 3 is 2.44 bits per heavy atom. The minimum Gasteiger partial charge on any atom is -0.310 e. The molecule has 2 aliphatic rings. The molecule has 0 aromatic carbocycles. The molecule has 18 heavy (non-hydrogen) atoms. The summed E-state index contributed by atoms with van der Waals surface area (Å²) < 4.78 is 23.0. The van der Waals surface area contributed by atoms with E-state index in [9.17, 15) is 8.42 Å². The SMILES string of the molecule is CC1CCC(C(C)C)C(NC2CCS(=O)(=O)C2)C1. The fourth-order valence-corrected chi connectivity index (χ4v) is 5.31. The van der Waals surface area contributed by atoms with Gasteiger partial charge in [0.1, 0.15) is 0 Å². The first kappa shape index (κ1) is 14.3. The van der Waals surface area contributed by atoms with Crippen molar-refractivity contribution in [3.63, 3.8) is 0 Å². The number of rotatable bonds is 3. The molecule has 1 heterocycles. The summed E-state index contributed by atoms with van der Waals surface area (Å²) in [5.74, 6) is 2.90. The van der Waals surface area contributed by atoms with Crippen LogP contribution >= 0.6 is 0 Å². The molecule has 0 radical (unpaired) electrons. The molecule has 106 valence electrons. The Kier molecular flexibility index (Phi) is 4.37. The van der Waals surface area contributed by atoms with Crippen LogP contribution in [-0.4, -0.2) is 32.0 Å². The van der Waals surface area contributed by atoms with Crippen molar-refractivity contribution in [2.24, 2.45) is 17.8 Å². The largest absolute Gasteiger partial charge is 0.310 e. The first-order chi connectivity index (χ1) is 8.37. The van der Waals surface area contributed by atoms with Gasteiger partial charge in [0.05, 0.1) is 11.5 Å². The third-order valence-electron chi connectivity index (χ3n) is 4.70. The fraction of sp³-hybridized carbons (Fsp3) is 1.00. The van der Waals surface area contributed by atoms with Gasteiger partial charge in [-0.25, -0.2) is 8.42 Å². The lowest BCUT2D eigenvalue weighted by Crippen LogP contribution is -2.47. The highest BCUT2D eigenvalue weighted by Crippen LogP contribution is 2.34. The Labute approximate surface area is 112 Å². The Bertz CT molecular complexity index is 377. The van der Waals surface area contributed by atoms with Crippen LogP contribution in [0.5, 0.6) is 0 Å². The summed E-state index contributed by atoms with van der Waals surface area (Å²) >= 11 is 0. The first-order valence-corrected chi connectivity index (χ1v) is 9.16. The van der Waals surface area contributed by atoms with E-state index in [-0.39, 0.29) is 6.04 Å². The molecule has 0 bridgehead atoms. The molecular weight excluding hydrogens is 246 g/mol. The molecule has 0 aromatic rings. The summed E-state index contributed by atoms with van der Waals surface area (Å²) in [6.07, 6.45) is 4.62. The van der Waals surface area contributed by atoms with Gasteiger partial charge in [-0.05, 0) is 37.0 Å². The minimum absolute atomic E-state index is 0.201. The van der Waals surface area contributed by atoms with Crippen molar-refractivity contribution in [1.29, 1.82) is 0 Å². The summed E-state index contributed by atoms with van der Waals surface area (Å²) in [6, 6.07) is 0.721. The van der Waals surface area contributed by atoms with Crippen molar-refractivity contribution in [3.05, 3.63) is 0 Å². The van der Waals surface area contributed by atoms with Gasteiger partial charge >= 0.3 is 0 Å². The zero-order chi connectivity index (χ0) is 13.3. The van der Waals surface area contributed by atoms with Crippen LogP contribution in [0.4, 0.5) is 0 Å².